The number of anilines is 1. The number of carbonyl (C=O) groups excluding carboxylic acids is 1. The van der Waals surface area contributed by atoms with Gasteiger partial charge in [-0.2, -0.15) is 5.10 Å². The van der Waals surface area contributed by atoms with Gasteiger partial charge in [0.15, 0.2) is 0 Å². The van der Waals surface area contributed by atoms with Crippen molar-refractivity contribution in [3.63, 3.8) is 0 Å². The number of aromatic nitrogens is 3. The van der Waals surface area contributed by atoms with E-state index in [0.717, 1.165) is 6.07 Å². The summed E-state index contributed by atoms with van der Waals surface area (Å²) in [6.45, 7) is 1.64. The predicted octanol–water partition coefficient (Wildman–Crippen LogP) is 1.52. The third-order valence-electron chi connectivity index (χ3n) is 2.67. The number of carbonyl (C=O) groups is 2. The van der Waals surface area contributed by atoms with Crippen molar-refractivity contribution >= 4 is 17.7 Å². The third kappa shape index (κ3) is 3.32. The Morgan fingerprint density at radius 3 is 2.81 bits per heavy atom. The second kappa shape index (κ2) is 5.99. The summed E-state index contributed by atoms with van der Waals surface area (Å²) in [6, 6.07) is 2.24. The normalized spacial score (nSPS) is 11.7. The number of rotatable bonds is 4. The molecular formula is C12H12FN5O3. The molecule has 0 saturated heterocycles. The summed E-state index contributed by atoms with van der Waals surface area (Å²) in [7, 11) is 0. The molecule has 4 N–H and O–H groups in total. The number of aromatic carboxylic acids is 1. The molecule has 2 amide bonds. The topological polar surface area (TPSA) is 120 Å². The smallest absolute Gasteiger partial charge is 0.337 e. The maximum absolute atomic E-state index is 13.6. The first-order valence-corrected chi connectivity index (χ1v) is 5.93. The summed E-state index contributed by atoms with van der Waals surface area (Å²) in [5.74, 6) is -1.76. The average Bonchev–Trinajstić information content (AvgIpc) is 2.94. The summed E-state index contributed by atoms with van der Waals surface area (Å²) in [6.07, 6.45) is 1.28. The van der Waals surface area contributed by atoms with E-state index in [4.69, 9.17) is 5.11 Å². The van der Waals surface area contributed by atoms with Gasteiger partial charge in [0, 0.05) is 0 Å². The molecule has 0 radical (unpaired) electrons. The molecule has 2 aromatic rings. The second-order valence-corrected chi connectivity index (χ2v) is 4.16. The molecule has 0 spiro atoms. The van der Waals surface area contributed by atoms with E-state index in [1.165, 1.54) is 18.5 Å². The molecule has 1 aromatic heterocycles. The van der Waals surface area contributed by atoms with Gasteiger partial charge in [0.1, 0.15) is 18.0 Å². The highest BCUT2D eigenvalue weighted by atomic mass is 19.1. The van der Waals surface area contributed by atoms with Crippen LogP contribution >= 0.6 is 0 Å². The van der Waals surface area contributed by atoms with Gasteiger partial charge in [0.05, 0.1) is 17.3 Å². The summed E-state index contributed by atoms with van der Waals surface area (Å²) in [5.41, 5.74) is -0.732. The number of halogens is 1. The largest absolute Gasteiger partial charge is 0.478 e. The number of H-pyrrole nitrogens is 1. The van der Waals surface area contributed by atoms with Crippen LogP contribution in [0.4, 0.5) is 14.9 Å². The number of hydrogen-bond donors (Lipinski definition) is 4. The fraction of sp³-hybridized carbons (Fsp3) is 0.167. The predicted molar refractivity (Wildman–Crippen MR) is 70.3 cm³/mol. The highest BCUT2D eigenvalue weighted by Gasteiger charge is 2.18. The van der Waals surface area contributed by atoms with Gasteiger partial charge in [-0.05, 0) is 19.1 Å². The molecule has 0 aliphatic rings. The second-order valence-electron chi connectivity index (χ2n) is 4.16. The number of nitrogens with zero attached hydrogens (tertiary/aromatic N) is 2. The number of amides is 2. The lowest BCUT2D eigenvalue weighted by Crippen LogP contribution is -2.32. The van der Waals surface area contributed by atoms with Gasteiger partial charge in [-0.25, -0.2) is 19.0 Å². The Labute approximate surface area is 118 Å². The number of aromatic amines is 1. The van der Waals surface area contributed by atoms with Crippen LogP contribution in [0.3, 0.4) is 0 Å². The molecule has 8 nitrogen and oxygen atoms in total. The lowest BCUT2D eigenvalue weighted by molar-refractivity contribution is 0.0697. The minimum absolute atomic E-state index is 0.336. The summed E-state index contributed by atoms with van der Waals surface area (Å²) < 4.78 is 13.6. The quantitative estimate of drug-likeness (QED) is 0.681. The van der Waals surface area contributed by atoms with Gasteiger partial charge in [0.25, 0.3) is 0 Å². The molecule has 110 valence electrons. The first-order chi connectivity index (χ1) is 9.99. The van der Waals surface area contributed by atoms with Crippen molar-refractivity contribution in [3.8, 4) is 0 Å². The number of carboxylic acid groups (broad SMARTS) is 1. The van der Waals surface area contributed by atoms with E-state index >= 15 is 0 Å². The van der Waals surface area contributed by atoms with Crippen LogP contribution in [0.5, 0.6) is 0 Å². The Kier molecular flexibility index (Phi) is 4.12. The fourth-order valence-corrected chi connectivity index (χ4v) is 1.67. The maximum Gasteiger partial charge on any atom is 0.337 e. The molecule has 1 aromatic carbocycles. The van der Waals surface area contributed by atoms with E-state index in [-0.39, 0.29) is 5.56 Å². The monoisotopic (exact) mass is 293 g/mol. The third-order valence-corrected chi connectivity index (χ3v) is 2.67. The Morgan fingerprint density at radius 1 is 1.43 bits per heavy atom. The van der Waals surface area contributed by atoms with Crippen molar-refractivity contribution in [2.75, 3.05) is 5.32 Å². The zero-order valence-corrected chi connectivity index (χ0v) is 10.9. The van der Waals surface area contributed by atoms with E-state index < -0.39 is 29.5 Å². The molecule has 0 bridgehead atoms. The van der Waals surface area contributed by atoms with Gasteiger partial charge < -0.3 is 15.7 Å². The Morgan fingerprint density at radius 2 is 2.19 bits per heavy atom. The number of nitrogens with one attached hydrogen (secondary N) is 3. The Balaban J connectivity index is 2.11. The molecule has 9 heteroatoms. The van der Waals surface area contributed by atoms with Gasteiger partial charge in [-0.3, -0.25) is 5.10 Å². The molecule has 1 unspecified atom stereocenters. The number of para-hydroxylation sites is 1. The molecule has 1 atom stereocenters. The van der Waals surface area contributed by atoms with Crippen molar-refractivity contribution in [2.24, 2.45) is 0 Å². The lowest BCUT2D eigenvalue weighted by Gasteiger charge is -2.14. The fourth-order valence-electron chi connectivity index (χ4n) is 1.67. The van der Waals surface area contributed by atoms with Crippen molar-refractivity contribution in [2.45, 2.75) is 13.0 Å². The van der Waals surface area contributed by atoms with E-state index in [1.807, 2.05) is 0 Å². The van der Waals surface area contributed by atoms with Crippen LogP contribution in [0.15, 0.2) is 24.5 Å². The molecule has 2 rings (SSSR count). The molecule has 0 fully saturated rings. The Bertz CT molecular complexity index is 659. The van der Waals surface area contributed by atoms with E-state index in [0.29, 0.717) is 5.82 Å². The number of urea groups is 1. The van der Waals surface area contributed by atoms with Crippen LogP contribution in [-0.4, -0.2) is 32.3 Å². The molecule has 0 saturated carbocycles. The van der Waals surface area contributed by atoms with Gasteiger partial charge in [-0.1, -0.05) is 6.07 Å². The summed E-state index contributed by atoms with van der Waals surface area (Å²) in [5, 5.41) is 19.9. The zero-order chi connectivity index (χ0) is 15.4. The lowest BCUT2D eigenvalue weighted by atomic mass is 10.1. The molecule has 1 heterocycles. The molecular weight excluding hydrogens is 281 g/mol. The molecule has 0 aliphatic heterocycles. The van der Waals surface area contributed by atoms with Crippen LogP contribution in [0.1, 0.15) is 29.1 Å². The highest BCUT2D eigenvalue weighted by Crippen LogP contribution is 2.20. The van der Waals surface area contributed by atoms with E-state index in [1.54, 1.807) is 6.92 Å². The standard InChI is InChI=1S/C12H12FN5O3/c1-6(10-14-5-15-18-10)16-12(21)17-9-7(11(19)20)3-2-4-8(9)13/h2-6H,1H3,(H,19,20)(H,14,15,18)(H2,16,17,21). The number of benzene rings is 1. The van der Waals surface area contributed by atoms with Crippen LogP contribution < -0.4 is 10.6 Å². The van der Waals surface area contributed by atoms with E-state index in [2.05, 4.69) is 25.8 Å². The van der Waals surface area contributed by atoms with Crippen LogP contribution in [0.2, 0.25) is 0 Å². The molecule has 0 aliphatic carbocycles. The summed E-state index contributed by atoms with van der Waals surface area (Å²) in [4.78, 5) is 26.7. The van der Waals surface area contributed by atoms with Gasteiger partial charge in [-0.15, -0.1) is 0 Å². The molecule has 21 heavy (non-hydrogen) atoms. The Hall–Kier alpha value is -2.97. The SMILES string of the molecule is CC(NC(=O)Nc1c(F)cccc1C(=O)O)c1ncn[nH]1. The van der Waals surface area contributed by atoms with Gasteiger partial charge >= 0.3 is 12.0 Å². The van der Waals surface area contributed by atoms with Crippen LogP contribution in [0, 0.1) is 5.82 Å². The van der Waals surface area contributed by atoms with Crippen molar-refractivity contribution in [1.82, 2.24) is 20.5 Å². The first-order valence-electron chi connectivity index (χ1n) is 5.93. The average molecular weight is 293 g/mol. The van der Waals surface area contributed by atoms with Crippen LogP contribution in [-0.2, 0) is 0 Å². The van der Waals surface area contributed by atoms with Crippen molar-refractivity contribution < 1.29 is 19.1 Å². The van der Waals surface area contributed by atoms with Crippen molar-refractivity contribution in [3.05, 3.63) is 41.7 Å². The van der Waals surface area contributed by atoms with Crippen LogP contribution in [0.25, 0.3) is 0 Å². The van der Waals surface area contributed by atoms with Crippen molar-refractivity contribution in [1.29, 1.82) is 0 Å². The van der Waals surface area contributed by atoms with Gasteiger partial charge in [0.2, 0.25) is 0 Å². The minimum atomic E-state index is -1.34. The van der Waals surface area contributed by atoms with E-state index in [9.17, 15) is 14.0 Å². The highest BCUT2D eigenvalue weighted by molar-refractivity contribution is 6.00. The maximum atomic E-state index is 13.6. The zero-order valence-electron chi connectivity index (χ0n) is 10.9. The number of hydrogen-bond acceptors (Lipinski definition) is 4. The minimum Gasteiger partial charge on any atom is -0.478 e. The summed E-state index contributed by atoms with van der Waals surface area (Å²) >= 11 is 0. The first kappa shape index (κ1) is 14.4. The number of carboxylic acids is 1.